The highest BCUT2D eigenvalue weighted by Crippen LogP contribution is 2.13. The summed E-state index contributed by atoms with van der Waals surface area (Å²) in [5.41, 5.74) is 3.23. The number of carbonyl (C=O) groups excluding carboxylic acids is 1. The van der Waals surface area contributed by atoms with Crippen molar-refractivity contribution in [1.29, 1.82) is 0 Å². The molecule has 4 nitrogen and oxygen atoms in total. The molecule has 106 valence electrons. The molecule has 0 spiro atoms. The number of benzene rings is 2. The van der Waals surface area contributed by atoms with Gasteiger partial charge in [-0.2, -0.15) is 0 Å². The van der Waals surface area contributed by atoms with Crippen LogP contribution in [-0.4, -0.2) is 15.9 Å². The number of imidazole rings is 1. The van der Waals surface area contributed by atoms with E-state index in [0.29, 0.717) is 11.4 Å². The van der Waals surface area contributed by atoms with Gasteiger partial charge in [0.15, 0.2) is 0 Å². The van der Waals surface area contributed by atoms with E-state index in [9.17, 15) is 9.18 Å². The highest BCUT2D eigenvalue weighted by atomic mass is 19.1. The first-order chi connectivity index (χ1) is 10.1. The van der Waals surface area contributed by atoms with Crippen molar-refractivity contribution in [2.75, 3.05) is 0 Å². The van der Waals surface area contributed by atoms with Gasteiger partial charge in [0, 0.05) is 5.56 Å². The molecule has 0 saturated heterocycles. The molecule has 0 radical (unpaired) electrons. The van der Waals surface area contributed by atoms with Gasteiger partial charge in [-0.05, 0) is 42.8 Å². The lowest BCUT2D eigenvalue weighted by Gasteiger charge is -2.03. The van der Waals surface area contributed by atoms with Crippen LogP contribution in [0.25, 0.3) is 11.0 Å². The minimum Gasteiger partial charge on any atom is -0.345 e. The van der Waals surface area contributed by atoms with Crippen molar-refractivity contribution in [3.05, 3.63) is 65.2 Å². The maximum absolute atomic E-state index is 13.1. The Balaban J connectivity index is 1.72. The van der Waals surface area contributed by atoms with Crippen molar-refractivity contribution in [3.63, 3.8) is 0 Å². The third-order valence-corrected chi connectivity index (χ3v) is 3.19. The molecule has 1 amide bonds. The first kappa shape index (κ1) is 13.3. The monoisotopic (exact) mass is 283 g/mol. The first-order valence-electron chi connectivity index (χ1n) is 6.61. The molecule has 3 aromatic rings. The minimum absolute atomic E-state index is 0.267. The highest BCUT2D eigenvalue weighted by Gasteiger charge is 2.08. The van der Waals surface area contributed by atoms with Crippen LogP contribution in [0.3, 0.4) is 0 Å². The van der Waals surface area contributed by atoms with Gasteiger partial charge in [0.05, 0.1) is 17.6 Å². The van der Waals surface area contributed by atoms with Gasteiger partial charge in [0.25, 0.3) is 5.91 Å². The van der Waals surface area contributed by atoms with E-state index in [4.69, 9.17) is 0 Å². The third-order valence-electron chi connectivity index (χ3n) is 3.19. The number of amides is 1. The molecule has 0 atom stereocenters. The summed E-state index contributed by atoms with van der Waals surface area (Å²) in [6, 6.07) is 11.5. The zero-order valence-electron chi connectivity index (χ0n) is 11.5. The van der Waals surface area contributed by atoms with Crippen LogP contribution in [-0.2, 0) is 6.54 Å². The second-order valence-corrected chi connectivity index (χ2v) is 4.90. The average molecular weight is 283 g/mol. The van der Waals surface area contributed by atoms with Gasteiger partial charge in [-0.1, -0.05) is 12.1 Å². The Morgan fingerprint density at radius 2 is 2.14 bits per heavy atom. The summed E-state index contributed by atoms with van der Waals surface area (Å²) in [5.74, 6) is -0.0895. The molecule has 21 heavy (non-hydrogen) atoms. The van der Waals surface area contributed by atoms with Gasteiger partial charge >= 0.3 is 0 Å². The molecule has 3 rings (SSSR count). The van der Waals surface area contributed by atoms with Crippen molar-refractivity contribution < 1.29 is 9.18 Å². The molecule has 1 heterocycles. The number of aromatic nitrogens is 2. The van der Waals surface area contributed by atoms with Gasteiger partial charge < -0.3 is 10.3 Å². The molecule has 0 fully saturated rings. The van der Waals surface area contributed by atoms with E-state index in [-0.39, 0.29) is 12.5 Å². The fourth-order valence-electron chi connectivity index (χ4n) is 2.16. The zero-order valence-corrected chi connectivity index (χ0v) is 11.5. The Hall–Kier alpha value is -2.69. The molecule has 0 bridgehead atoms. The standard InChI is InChI=1S/C16H14FN3O/c1-10-5-6-13-14(7-10)20-15(19-13)9-18-16(21)11-3-2-4-12(17)8-11/h2-8H,9H2,1H3,(H,18,21)(H,19,20). The predicted molar refractivity (Wildman–Crippen MR) is 78.4 cm³/mol. The van der Waals surface area contributed by atoms with Crippen LogP contribution in [0, 0.1) is 12.7 Å². The molecular formula is C16H14FN3O. The third kappa shape index (κ3) is 2.91. The fraction of sp³-hybridized carbons (Fsp3) is 0.125. The Morgan fingerprint density at radius 3 is 2.95 bits per heavy atom. The molecule has 0 aliphatic carbocycles. The lowest BCUT2D eigenvalue weighted by Crippen LogP contribution is -2.23. The lowest BCUT2D eigenvalue weighted by molar-refractivity contribution is 0.0949. The van der Waals surface area contributed by atoms with Crippen LogP contribution in [0.15, 0.2) is 42.5 Å². The van der Waals surface area contributed by atoms with Gasteiger partial charge in [0.1, 0.15) is 11.6 Å². The molecule has 2 aromatic carbocycles. The van der Waals surface area contributed by atoms with Gasteiger partial charge in [-0.15, -0.1) is 0 Å². The number of H-pyrrole nitrogens is 1. The first-order valence-corrected chi connectivity index (χ1v) is 6.61. The maximum atomic E-state index is 13.1. The molecule has 0 unspecified atom stereocenters. The summed E-state index contributed by atoms with van der Waals surface area (Å²) in [5, 5.41) is 2.72. The van der Waals surface area contributed by atoms with Crippen LogP contribution in [0.2, 0.25) is 0 Å². The largest absolute Gasteiger partial charge is 0.345 e. The van der Waals surface area contributed by atoms with E-state index >= 15 is 0 Å². The van der Waals surface area contributed by atoms with Gasteiger partial charge in [-0.3, -0.25) is 4.79 Å². The van der Waals surface area contributed by atoms with Gasteiger partial charge in [0.2, 0.25) is 0 Å². The smallest absolute Gasteiger partial charge is 0.251 e. The summed E-state index contributed by atoms with van der Waals surface area (Å²) in [6.45, 7) is 2.27. The number of halogens is 1. The number of carbonyl (C=O) groups is 1. The molecular weight excluding hydrogens is 269 g/mol. The number of aryl methyl sites for hydroxylation is 1. The molecule has 0 aliphatic heterocycles. The Bertz CT molecular complexity index is 810. The maximum Gasteiger partial charge on any atom is 0.251 e. The van der Waals surface area contributed by atoms with E-state index in [1.54, 1.807) is 6.07 Å². The highest BCUT2D eigenvalue weighted by molar-refractivity contribution is 5.94. The normalized spacial score (nSPS) is 10.8. The summed E-state index contributed by atoms with van der Waals surface area (Å²) in [4.78, 5) is 19.5. The van der Waals surface area contributed by atoms with Crippen LogP contribution in [0.1, 0.15) is 21.7 Å². The molecule has 2 N–H and O–H groups in total. The van der Waals surface area contributed by atoms with E-state index in [2.05, 4.69) is 15.3 Å². The SMILES string of the molecule is Cc1ccc2nc(CNC(=O)c3cccc(F)c3)[nH]c2c1. The number of fused-ring (bicyclic) bond motifs is 1. The van der Waals surface area contributed by atoms with E-state index in [1.165, 1.54) is 18.2 Å². The molecule has 5 heteroatoms. The lowest BCUT2D eigenvalue weighted by atomic mass is 10.2. The predicted octanol–water partition coefficient (Wildman–Crippen LogP) is 2.94. The fourth-order valence-corrected chi connectivity index (χ4v) is 2.16. The van der Waals surface area contributed by atoms with E-state index in [0.717, 1.165) is 16.6 Å². The topological polar surface area (TPSA) is 57.8 Å². The second-order valence-electron chi connectivity index (χ2n) is 4.90. The number of hydrogen-bond donors (Lipinski definition) is 2. The number of rotatable bonds is 3. The van der Waals surface area contributed by atoms with Crippen molar-refractivity contribution in [2.24, 2.45) is 0 Å². The summed E-state index contributed by atoms with van der Waals surface area (Å²) in [7, 11) is 0. The van der Waals surface area contributed by atoms with Crippen molar-refractivity contribution in [3.8, 4) is 0 Å². The quantitative estimate of drug-likeness (QED) is 0.776. The zero-order chi connectivity index (χ0) is 14.8. The average Bonchev–Trinajstić information content (AvgIpc) is 2.86. The summed E-state index contributed by atoms with van der Waals surface area (Å²) < 4.78 is 13.1. The number of nitrogens with zero attached hydrogens (tertiary/aromatic N) is 1. The van der Waals surface area contributed by atoms with Gasteiger partial charge in [-0.25, -0.2) is 9.37 Å². The number of hydrogen-bond acceptors (Lipinski definition) is 2. The second kappa shape index (κ2) is 5.36. The minimum atomic E-state index is -0.429. The molecule has 0 saturated carbocycles. The number of aromatic amines is 1. The molecule has 0 aliphatic rings. The van der Waals surface area contributed by atoms with Crippen molar-refractivity contribution >= 4 is 16.9 Å². The van der Waals surface area contributed by atoms with E-state index < -0.39 is 5.82 Å². The van der Waals surface area contributed by atoms with Crippen molar-refractivity contribution in [1.82, 2.24) is 15.3 Å². The van der Waals surface area contributed by atoms with Crippen molar-refractivity contribution in [2.45, 2.75) is 13.5 Å². The Morgan fingerprint density at radius 1 is 1.29 bits per heavy atom. The Kier molecular flexibility index (Phi) is 3.39. The van der Waals surface area contributed by atoms with E-state index in [1.807, 2.05) is 25.1 Å². The Labute approximate surface area is 121 Å². The summed E-state index contributed by atoms with van der Waals surface area (Å²) in [6.07, 6.45) is 0. The number of nitrogens with one attached hydrogen (secondary N) is 2. The van der Waals surface area contributed by atoms with Crippen LogP contribution < -0.4 is 5.32 Å². The van der Waals surface area contributed by atoms with Crippen LogP contribution in [0.5, 0.6) is 0 Å². The van der Waals surface area contributed by atoms with Crippen LogP contribution >= 0.6 is 0 Å². The molecule has 1 aromatic heterocycles. The summed E-state index contributed by atoms with van der Waals surface area (Å²) >= 11 is 0. The van der Waals surface area contributed by atoms with Crippen LogP contribution in [0.4, 0.5) is 4.39 Å².